The van der Waals surface area contributed by atoms with Crippen molar-refractivity contribution in [3.05, 3.63) is 35.4 Å². The molecular weight excluding hydrogens is 250 g/mol. The van der Waals surface area contributed by atoms with Gasteiger partial charge in [0.25, 0.3) is 11.8 Å². The number of hydrogen-bond donors (Lipinski definition) is 1. The Bertz CT molecular complexity index is 505. The lowest BCUT2D eigenvalue weighted by molar-refractivity contribution is -0.143. The monoisotopic (exact) mass is 263 g/mol. The van der Waals surface area contributed by atoms with Crippen LogP contribution in [0, 0.1) is 5.92 Å². The summed E-state index contributed by atoms with van der Waals surface area (Å²) in [5.74, 6) is -2.55. The SMILES string of the molecule is CC(CCON1C(=O)c2ccccc2C1=O)C(=O)O. The standard InChI is InChI=1S/C13H13NO5/c1-8(13(17)18)6-7-19-14-11(15)9-4-2-3-5-10(9)12(14)16/h2-5,8H,6-7H2,1H3,(H,17,18). The Morgan fingerprint density at radius 3 is 2.26 bits per heavy atom. The summed E-state index contributed by atoms with van der Waals surface area (Å²) in [5.41, 5.74) is 0.609. The van der Waals surface area contributed by atoms with Crippen LogP contribution in [0.3, 0.4) is 0 Å². The van der Waals surface area contributed by atoms with Crippen molar-refractivity contribution in [2.75, 3.05) is 6.61 Å². The summed E-state index contributed by atoms with van der Waals surface area (Å²) >= 11 is 0. The lowest BCUT2D eigenvalue weighted by atomic mass is 10.1. The van der Waals surface area contributed by atoms with E-state index in [1.165, 1.54) is 6.92 Å². The molecular formula is C13H13NO5. The van der Waals surface area contributed by atoms with Gasteiger partial charge in [-0.1, -0.05) is 19.1 Å². The summed E-state index contributed by atoms with van der Waals surface area (Å²) in [7, 11) is 0. The van der Waals surface area contributed by atoms with Gasteiger partial charge in [-0.05, 0) is 18.6 Å². The lowest BCUT2D eigenvalue weighted by Crippen LogP contribution is -2.31. The van der Waals surface area contributed by atoms with E-state index in [0.717, 1.165) is 0 Å². The van der Waals surface area contributed by atoms with Crippen molar-refractivity contribution >= 4 is 17.8 Å². The van der Waals surface area contributed by atoms with Crippen molar-refractivity contribution in [3.8, 4) is 0 Å². The van der Waals surface area contributed by atoms with E-state index < -0.39 is 23.7 Å². The van der Waals surface area contributed by atoms with Crippen LogP contribution in [0.1, 0.15) is 34.1 Å². The molecule has 1 unspecified atom stereocenters. The van der Waals surface area contributed by atoms with Gasteiger partial charge in [0, 0.05) is 0 Å². The second kappa shape index (κ2) is 5.19. The van der Waals surface area contributed by atoms with Crippen LogP contribution in [0.2, 0.25) is 0 Å². The van der Waals surface area contributed by atoms with Gasteiger partial charge in [0.2, 0.25) is 0 Å². The number of carbonyl (C=O) groups excluding carboxylic acids is 2. The van der Waals surface area contributed by atoms with E-state index in [-0.39, 0.29) is 13.0 Å². The van der Waals surface area contributed by atoms with Gasteiger partial charge < -0.3 is 5.11 Å². The highest BCUT2D eigenvalue weighted by molar-refractivity contribution is 6.20. The molecule has 2 rings (SSSR count). The van der Waals surface area contributed by atoms with Gasteiger partial charge in [-0.3, -0.25) is 19.2 Å². The summed E-state index contributed by atoms with van der Waals surface area (Å²) < 4.78 is 0. The fourth-order valence-corrected chi connectivity index (χ4v) is 1.73. The zero-order valence-corrected chi connectivity index (χ0v) is 10.3. The normalized spacial score (nSPS) is 15.5. The van der Waals surface area contributed by atoms with Crippen LogP contribution >= 0.6 is 0 Å². The van der Waals surface area contributed by atoms with E-state index in [9.17, 15) is 14.4 Å². The van der Waals surface area contributed by atoms with Gasteiger partial charge in [-0.25, -0.2) is 0 Å². The summed E-state index contributed by atoms with van der Waals surface area (Å²) in [6.07, 6.45) is 0.225. The first-order valence-electron chi connectivity index (χ1n) is 5.86. The first-order chi connectivity index (χ1) is 9.02. The van der Waals surface area contributed by atoms with Crippen molar-refractivity contribution in [3.63, 3.8) is 0 Å². The van der Waals surface area contributed by atoms with E-state index in [2.05, 4.69) is 0 Å². The van der Waals surface area contributed by atoms with E-state index in [4.69, 9.17) is 9.94 Å². The summed E-state index contributed by atoms with van der Waals surface area (Å²) in [5, 5.41) is 9.41. The molecule has 2 amide bonds. The Kier molecular flexibility index (Phi) is 3.62. The number of hydroxylamine groups is 2. The molecule has 6 heteroatoms. The third kappa shape index (κ3) is 2.48. The highest BCUT2D eigenvalue weighted by atomic mass is 16.7. The minimum Gasteiger partial charge on any atom is -0.481 e. The van der Waals surface area contributed by atoms with Crippen molar-refractivity contribution in [1.82, 2.24) is 5.06 Å². The maximum Gasteiger partial charge on any atom is 0.306 e. The molecule has 0 bridgehead atoms. The van der Waals surface area contributed by atoms with Crippen LogP contribution in [0.4, 0.5) is 0 Å². The number of fused-ring (bicyclic) bond motifs is 1. The van der Waals surface area contributed by atoms with Gasteiger partial charge in [-0.15, -0.1) is 5.06 Å². The fraction of sp³-hybridized carbons (Fsp3) is 0.308. The fourth-order valence-electron chi connectivity index (χ4n) is 1.73. The predicted molar refractivity (Wildman–Crippen MR) is 64.3 cm³/mol. The number of hydrogen-bond acceptors (Lipinski definition) is 4. The topological polar surface area (TPSA) is 83.9 Å². The molecule has 19 heavy (non-hydrogen) atoms. The number of aliphatic carboxylic acids is 1. The molecule has 1 aliphatic rings. The zero-order chi connectivity index (χ0) is 14.0. The van der Waals surface area contributed by atoms with Gasteiger partial charge in [0.15, 0.2) is 0 Å². The number of rotatable bonds is 5. The predicted octanol–water partition coefficient (Wildman–Crippen LogP) is 1.32. The molecule has 6 nitrogen and oxygen atoms in total. The van der Waals surface area contributed by atoms with Crippen LogP contribution < -0.4 is 0 Å². The zero-order valence-electron chi connectivity index (χ0n) is 10.3. The molecule has 1 aliphatic heterocycles. The quantitative estimate of drug-likeness (QED) is 0.810. The molecule has 1 aromatic carbocycles. The van der Waals surface area contributed by atoms with Crippen molar-refractivity contribution in [1.29, 1.82) is 0 Å². The summed E-state index contributed by atoms with van der Waals surface area (Å²) in [4.78, 5) is 39.5. The molecule has 0 aliphatic carbocycles. The number of benzene rings is 1. The smallest absolute Gasteiger partial charge is 0.306 e. The van der Waals surface area contributed by atoms with Crippen LogP contribution in [0.25, 0.3) is 0 Å². The molecule has 1 atom stereocenters. The van der Waals surface area contributed by atoms with Crippen molar-refractivity contribution < 1.29 is 24.3 Å². The second-order valence-electron chi connectivity index (χ2n) is 4.31. The number of imide groups is 1. The second-order valence-corrected chi connectivity index (χ2v) is 4.31. The average Bonchev–Trinajstić information content (AvgIpc) is 2.64. The van der Waals surface area contributed by atoms with Crippen molar-refractivity contribution in [2.45, 2.75) is 13.3 Å². The lowest BCUT2D eigenvalue weighted by Gasteiger charge is -2.14. The molecule has 1 N–H and O–H groups in total. The highest BCUT2D eigenvalue weighted by Crippen LogP contribution is 2.22. The molecule has 0 fully saturated rings. The number of nitrogens with zero attached hydrogens (tertiary/aromatic N) is 1. The molecule has 1 aromatic rings. The molecule has 100 valence electrons. The Morgan fingerprint density at radius 2 is 1.79 bits per heavy atom. The van der Waals surface area contributed by atoms with Crippen LogP contribution in [-0.4, -0.2) is 34.6 Å². The molecule has 0 aromatic heterocycles. The third-order valence-corrected chi connectivity index (χ3v) is 2.95. The van der Waals surface area contributed by atoms with Crippen molar-refractivity contribution in [2.24, 2.45) is 5.92 Å². The molecule has 0 saturated heterocycles. The maximum absolute atomic E-state index is 11.9. The summed E-state index contributed by atoms with van der Waals surface area (Å²) in [6, 6.07) is 6.44. The minimum atomic E-state index is -0.939. The number of carbonyl (C=O) groups is 3. The summed E-state index contributed by atoms with van der Waals surface area (Å²) in [6.45, 7) is 1.53. The third-order valence-electron chi connectivity index (χ3n) is 2.95. The number of amides is 2. The number of carboxylic acid groups (broad SMARTS) is 1. The Labute approximate surface area is 109 Å². The van der Waals surface area contributed by atoms with E-state index in [1.54, 1.807) is 24.3 Å². The molecule has 0 radical (unpaired) electrons. The Balaban J connectivity index is 1.99. The van der Waals surface area contributed by atoms with E-state index in [0.29, 0.717) is 16.2 Å². The van der Waals surface area contributed by atoms with Gasteiger partial charge in [-0.2, -0.15) is 0 Å². The van der Waals surface area contributed by atoms with Crippen LogP contribution in [0.5, 0.6) is 0 Å². The van der Waals surface area contributed by atoms with E-state index >= 15 is 0 Å². The Hall–Kier alpha value is -2.21. The molecule has 0 saturated carbocycles. The average molecular weight is 263 g/mol. The van der Waals surface area contributed by atoms with Gasteiger partial charge in [0.05, 0.1) is 23.7 Å². The first-order valence-corrected chi connectivity index (χ1v) is 5.86. The Morgan fingerprint density at radius 1 is 1.26 bits per heavy atom. The molecule has 0 spiro atoms. The number of carboxylic acids is 1. The first kappa shape index (κ1) is 13.2. The largest absolute Gasteiger partial charge is 0.481 e. The van der Waals surface area contributed by atoms with Crippen LogP contribution in [0.15, 0.2) is 24.3 Å². The van der Waals surface area contributed by atoms with Gasteiger partial charge in [0.1, 0.15) is 0 Å². The molecule has 1 heterocycles. The maximum atomic E-state index is 11.9. The van der Waals surface area contributed by atoms with Crippen LogP contribution in [-0.2, 0) is 9.63 Å². The minimum absolute atomic E-state index is 0.00106. The highest BCUT2D eigenvalue weighted by Gasteiger charge is 2.36. The van der Waals surface area contributed by atoms with E-state index in [1.807, 2.05) is 0 Å². The van der Waals surface area contributed by atoms with Gasteiger partial charge >= 0.3 is 5.97 Å².